The van der Waals surface area contributed by atoms with Crippen LogP contribution < -0.4 is 10.6 Å². The number of halogens is 1. The smallest absolute Gasteiger partial charge is 0.0474 e. The summed E-state index contributed by atoms with van der Waals surface area (Å²) in [5, 5.41) is 2.11. The molecular weight excluding hydrogens is 264 g/mol. The Morgan fingerprint density at radius 3 is 2.44 bits per heavy atom. The second-order valence-corrected chi connectivity index (χ2v) is 7.45. The fourth-order valence-corrected chi connectivity index (χ4v) is 4.14. The number of hydrogen-bond acceptors (Lipinski definition) is 3. The molecule has 0 saturated carbocycles. The SMILES string of the molecule is CC1CN(c2ccc(C(C)N)c(Cl)c2)CC(C)S1. The van der Waals surface area contributed by atoms with E-state index in [1.807, 2.05) is 6.92 Å². The van der Waals surface area contributed by atoms with Gasteiger partial charge in [0, 0.05) is 40.3 Å². The molecule has 1 aliphatic heterocycles. The zero-order valence-corrected chi connectivity index (χ0v) is 12.8. The van der Waals surface area contributed by atoms with E-state index < -0.39 is 0 Å². The van der Waals surface area contributed by atoms with Gasteiger partial charge in [-0.05, 0) is 24.6 Å². The number of nitrogens with two attached hydrogens (primary N) is 1. The molecule has 0 bridgehead atoms. The predicted octanol–water partition coefficient (Wildman–Crippen LogP) is 3.69. The van der Waals surface area contributed by atoms with Crippen molar-refractivity contribution in [2.24, 2.45) is 5.73 Å². The molecule has 1 aromatic rings. The third kappa shape index (κ3) is 3.14. The van der Waals surface area contributed by atoms with Gasteiger partial charge >= 0.3 is 0 Å². The molecule has 2 nitrogen and oxygen atoms in total. The Bertz CT molecular complexity index is 412. The molecule has 2 rings (SSSR count). The maximum absolute atomic E-state index is 6.30. The summed E-state index contributed by atoms with van der Waals surface area (Å²) >= 11 is 8.36. The average Bonchev–Trinajstić information content (AvgIpc) is 2.26. The van der Waals surface area contributed by atoms with Crippen LogP contribution in [-0.4, -0.2) is 23.6 Å². The number of hydrogen-bond donors (Lipinski definition) is 1. The Hall–Kier alpha value is -0.380. The maximum atomic E-state index is 6.30. The number of benzene rings is 1. The number of thioether (sulfide) groups is 1. The Balaban J connectivity index is 2.21. The first-order chi connectivity index (χ1) is 8.47. The second-order valence-electron chi connectivity index (χ2n) is 5.16. The van der Waals surface area contributed by atoms with Gasteiger partial charge < -0.3 is 10.6 Å². The summed E-state index contributed by atoms with van der Waals surface area (Å²) in [6.45, 7) is 8.70. The molecule has 1 fully saturated rings. The highest BCUT2D eigenvalue weighted by Gasteiger charge is 2.22. The van der Waals surface area contributed by atoms with Crippen molar-refractivity contribution in [3.8, 4) is 0 Å². The molecule has 1 aromatic carbocycles. The molecule has 1 aliphatic rings. The molecule has 0 aliphatic carbocycles. The Morgan fingerprint density at radius 1 is 1.33 bits per heavy atom. The van der Waals surface area contributed by atoms with E-state index in [1.54, 1.807) is 0 Å². The van der Waals surface area contributed by atoms with Crippen LogP contribution in [-0.2, 0) is 0 Å². The third-order valence-corrected chi connectivity index (χ3v) is 4.81. The summed E-state index contributed by atoms with van der Waals surface area (Å²) in [6.07, 6.45) is 0. The quantitative estimate of drug-likeness (QED) is 0.898. The minimum atomic E-state index is -0.0127. The highest BCUT2D eigenvalue weighted by Crippen LogP contribution is 2.32. The lowest BCUT2D eigenvalue weighted by atomic mass is 10.1. The molecular formula is C14H21ClN2S. The standard InChI is InChI=1S/C14H21ClN2S/c1-9-7-17(8-10(2)18-9)12-4-5-13(11(3)16)14(15)6-12/h4-6,9-11H,7-8,16H2,1-3H3. The van der Waals surface area contributed by atoms with E-state index in [2.05, 4.69) is 48.7 Å². The van der Waals surface area contributed by atoms with Crippen molar-refractivity contribution in [2.45, 2.75) is 37.3 Å². The first-order valence-corrected chi connectivity index (χ1v) is 7.75. The van der Waals surface area contributed by atoms with Gasteiger partial charge in [-0.1, -0.05) is 31.5 Å². The first-order valence-electron chi connectivity index (χ1n) is 6.43. The van der Waals surface area contributed by atoms with Crippen LogP contribution >= 0.6 is 23.4 Å². The van der Waals surface area contributed by atoms with Crippen LogP contribution in [0.4, 0.5) is 5.69 Å². The van der Waals surface area contributed by atoms with E-state index in [0.29, 0.717) is 10.5 Å². The van der Waals surface area contributed by atoms with Gasteiger partial charge in [0.15, 0.2) is 0 Å². The van der Waals surface area contributed by atoms with Gasteiger partial charge in [0.25, 0.3) is 0 Å². The Morgan fingerprint density at radius 2 is 1.94 bits per heavy atom. The van der Waals surface area contributed by atoms with Crippen LogP contribution in [0.2, 0.25) is 5.02 Å². The van der Waals surface area contributed by atoms with Crippen molar-refractivity contribution in [1.29, 1.82) is 0 Å². The van der Waals surface area contributed by atoms with Gasteiger partial charge in [-0.3, -0.25) is 0 Å². The normalized spacial score (nSPS) is 26.2. The van der Waals surface area contributed by atoms with Gasteiger partial charge in [0.1, 0.15) is 0 Å². The molecule has 18 heavy (non-hydrogen) atoms. The summed E-state index contributed by atoms with van der Waals surface area (Å²) < 4.78 is 0. The van der Waals surface area contributed by atoms with Gasteiger partial charge in [0.05, 0.1) is 0 Å². The summed E-state index contributed by atoms with van der Waals surface area (Å²) in [6, 6.07) is 6.23. The summed E-state index contributed by atoms with van der Waals surface area (Å²) in [7, 11) is 0. The molecule has 1 saturated heterocycles. The number of nitrogens with zero attached hydrogens (tertiary/aromatic N) is 1. The highest BCUT2D eigenvalue weighted by atomic mass is 35.5. The van der Waals surface area contributed by atoms with E-state index >= 15 is 0 Å². The van der Waals surface area contributed by atoms with Gasteiger partial charge in [-0.25, -0.2) is 0 Å². The van der Waals surface area contributed by atoms with Crippen LogP contribution in [0.5, 0.6) is 0 Å². The van der Waals surface area contributed by atoms with Gasteiger partial charge in [0.2, 0.25) is 0 Å². The monoisotopic (exact) mass is 284 g/mol. The van der Waals surface area contributed by atoms with Crippen molar-refractivity contribution in [3.05, 3.63) is 28.8 Å². The topological polar surface area (TPSA) is 29.3 Å². The Labute approximate surface area is 119 Å². The number of anilines is 1. The Kier molecular flexibility index (Phi) is 4.46. The lowest BCUT2D eigenvalue weighted by molar-refractivity contribution is 0.727. The molecule has 3 atom stereocenters. The highest BCUT2D eigenvalue weighted by molar-refractivity contribution is 8.00. The fourth-order valence-electron chi connectivity index (χ4n) is 2.47. The average molecular weight is 285 g/mol. The largest absolute Gasteiger partial charge is 0.369 e. The molecule has 0 spiro atoms. The van der Waals surface area contributed by atoms with Crippen LogP contribution in [0.1, 0.15) is 32.4 Å². The van der Waals surface area contributed by atoms with Crippen molar-refractivity contribution >= 4 is 29.1 Å². The lowest BCUT2D eigenvalue weighted by Gasteiger charge is -2.36. The zero-order valence-electron chi connectivity index (χ0n) is 11.2. The second kappa shape index (κ2) is 5.72. The van der Waals surface area contributed by atoms with E-state index in [0.717, 1.165) is 23.7 Å². The van der Waals surface area contributed by atoms with Crippen molar-refractivity contribution < 1.29 is 0 Å². The maximum Gasteiger partial charge on any atom is 0.0474 e. The summed E-state index contributed by atoms with van der Waals surface area (Å²) in [4.78, 5) is 2.42. The number of rotatable bonds is 2. The van der Waals surface area contributed by atoms with Crippen molar-refractivity contribution in [3.63, 3.8) is 0 Å². The molecule has 4 heteroatoms. The van der Waals surface area contributed by atoms with Crippen LogP contribution in [0, 0.1) is 0 Å². The molecule has 3 unspecified atom stereocenters. The van der Waals surface area contributed by atoms with E-state index in [1.165, 1.54) is 5.69 Å². The predicted molar refractivity (Wildman–Crippen MR) is 82.8 cm³/mol. The van der Waals surface area contributed by atoms with Crippen molar-refractivity contribution in [2.75, 3.05) is 18.0 Å². The molecule has 2 N–H and O–H groups in total. The van der Waals surface area contributed by atoms with Crippen LogP contribution in [0.25, 0.3) is 0 Å². The van der Waals surface area contributed by atoms with Crippen LogP contribution in [0.15, 0.2) is 18.2 Å². The van der Waals surface area contributed by atoms with E-state index in [-0.39, 0.29) is 6.04 Å². The molecule has 0 radical (unpaired) electrons. The van der Waals surface area contributed by atoms with Crippen molar-refractivity contribution in [1.82, 2.24) is 0 Å². The van der Waals surface area contributed by atoms with E-state index in [9.17, 15) is 0 Å². The molecule has 0 aromatic heterocycles. The summed E-state index contributed by atoms with van der Waals surface area (Å²) in [5.41, 5.74) is 8.12. The van der Waals surface area contributed by atoms with Gasteiger partial charge in [-0.15, -0.1) is 0 Å². The molecule has 100 valence electrons. The minimum Gasteiger partial charge on any atom is -0.369 e. The van der Waals surface area contributed by atoms with Crippen LogP contribution in [0.3, 0.4) is 0 Å². The zero-order chi connectivity index (χ0) is 13.3. The minimum absolute atomic E-state index is 0.0127. The lowest BCUT2D eigenvalue weighted by Crippen LogP contribution is -2.40. The van der Waals surface area contributed by atoms with E-state index in [4.69, 9.17) is 17.3 Å². The molecule has 1 heterocycles. The first kappa shape index (κ1) is 14.0. The fraction of sp³-hybridized carbons (Fsp3) is 0.571. The summed E-state index contributed by atoms with van der Waals surface area (Å²) in [5.74, 6) is 0. The molecule has 0 amide bonds. The van der Waals surface area contributed by atoms with Gasteiger partial charge in [-0.2, -0.15) is 11.8 Å². The third-order valence-electron chi connectivity index (χ3n) is 3.26.